The van der Waals surface area contributed by atoms with Gasteiger partial charge in [0.05, 0.1) is 23.6 Å². The molecule has 1 aliphatic heterocycles. The number of amides is 2. The SMILES string of the molecule is Cc1ccccc1C(CC(=O)O)N1C(=O)c2ccccc2C1=O. The van der Waals surface area contributed by atoms with Gasteiger partial charge < -0.3 is 5.11 Å². The Kier molecular flexibility index (Phi) is 3.70. The third kappa shape index (κ3) is 2.50. The first kappa shape index (κ1) is 15.0. The maximum Gasteiger partial charge on any atom is 0.305 e. The van der Waals surface area contributed by atoms with Gasteiger partial charge in [-0.3, -0.25) is 19.3 Å². The first-order valence-electron chi connectivity index (χ1n) is 7.25. The third-order valence-electron chi connectivity index (χ3n) is 4.05. The summed E-state index contributed by atoms with van der Waals surface area (Å²) in [5, 5.41) is 9.24. The van der Waals surface area contributed by atoms with Crippen molar-refractivity contribution in [3.05, 3.63) is 70.8 Å². The average Bonchev–Trinajstić information content (AvgIpc) is 2.78. The van der Waals surface area contributed by atoms with Crippen LogP contribution in [0.1, 0.15) is 44.3 Å². The number of fused-ring (bicyclic) bond motifs is 1. The molecule has 1 heterocycles. The molecule has 0 aliphatic carbocycles. The summed E-state index contributed by atoms with van der Waals surface area (Å²) in [7, 11) is 0. The van der Waals surface area contributed by atoms with Crippen molar-refractivity contribution >= 4 is 17.8 Å². The van der Waals surface area contributed by atoms with Crippen molar-refractivity contribution in [2.75, 3.05) is 0 Å². The third-order valence-corrected chi connectivity index (χ3v) is 4.05. The molecule has 0 aromatic heterocycles. The minimum Gasteiger partial charge on any atom is -0.481 e. The lowest BCUT2D eigenvalue weighted by Gasteiger charge is -2.26. The molecule has 0 fully saturated rings. The van der Waals surface area contributed by atoms with E-state index >= 15 is 0 Å². The number of carboxylic acid groups (broad SMARTS) is 1. The van der Waals surface area contributed by atoms with Crippen LogP contribution < -0.4 is 0 Å². The van der Waals surface area contributed by atoms with Crippen molar-refractivity contribution in [1.29, 1.82) is 0 Å². The molecule has 0 saturated heterocycles. The van der Waals surface area contributed by atoms with Gasteiger partial charge in [-0.15, -0.1) is 0 Å². The summed E-state index contributed by atoms with van der Waals surface area (Å²) in [6, 6.07) is 12.9. The summed E-state index contributed by atoms with van der Waals surface area (Å²) in [5.41, 5.74) is 2.16. The Labute approximate surface area is 133 Å². The second-order valence-electron chi connectivity index (χ2n) is 5.50. The maximum atomic E-state index is 12.6. The van der Waals surface area contributed by atoms with Crippen LogP contribution in [0.5, 0.6) is 0 Å². The molecule has 5 nitrogen and oxygen atoms in total. The van der Waals surface area contributed by atoms with Gasteiger partial charge in [-0.1, -0.05) is 36.4 Å². The fraction of sp³-hybridized carbons (Fsp3) is 0.167. The van der Waals surface area contributed by atoms with Gasteiger partial charge in [0, 0.05) is 0 Å². The van der Waals surface area contributed by atoms with E-state index in [4.69, 9.17) is 0 Å². The van der Waals surface area contributed by atoms with Gasteiger partial charge in [-0.05, 0) is 30.2 Å². The van der Waals surface area contributed by atoms with Crippen molar-refractivity contribution < 1.29 is 19.5 Å². The molecule has 1 N–H and O–H groups in total. The van der Waals surface area contributed by atoms with Crippen molar-refractivity contribution in [3.8, 4) is 0 Å². The summed E-state index contributed by atoms with van der Waals surface area (Å²) >= 11 is 0. The summed E-state index contributed by atoms with van der Waals surface area (Å²) in [5.74, 6) is -1.95. The number of rotatable bonds is 4. The van der Waals surface area contributed by atoms with Gasteiger partial charge in [-0.25, -0.2) is 0 Å². The van der Waals surface area contributed by atoms with E-state index in [1.165, 1.54) is 0 Å². The fourth-order valence-electron chi connectivity index (χ4n) is 2.96. The number of benzene rings is 2. The Morgan fingerprint density at radius 3 is 2.04 bits per heavy atom. The largest absolute Gasteiger partial charge is 0.481 e. The Morgan fingerprint density at radius 1 is 1.00 bits per heavy atom. The van der Waals surface area contributed by atoms with E-state index in [-0.39, 0.29) is 6.42 Å². The van der Waals surface area contributed by atoms with Gasteiger partial charge in [0.25, 0.3) is 11.8 Å². The van der Waals surface area contributed by atoms with Crippen LogP contribution >= 0.6 is 0 Å². The number of aryl methyl sites for hydroxylation is 1. The molecule has 0 spiro atoms. The van der Waals surface area contributed by atoms with Crippen LogP contribution in [0.15, 0.2) is 48.5 Å². The van der Waals surface area contributed by atoms with Crippen LogP contribution in [0.3, 0.4) is 0 Å². The number of hydrogen-bond acceptors (Lipinski definition) is 3. The monoisotopic (exact) mass is 309 g/mol. The molecule has 2 aromatic carbocycles. The zero-order valence-electron chi connectivity index (χ0n) is 12.5. The van der Waals surface area contributed by atoms with Gasteiger partial charge in [0.15, 0.2) is 0 Å². The molecule has 0 radical (unpaired) electrons. The number of aliphatic carboxylic acids is 1. The molecule has 0 saturated carbocycles. The predicted octanol–water partition coefficient (Wildman–Crippen LogP) is 2.81. The Bertz CT molecular complexity index is 777. The van der Waals surface area contributed by atoms with Gasteiger partial charge in [0.1, 0.15) is 0 Å². The average molecular weight is 309 g/mol. The molecule has 23 heavy (non-hydrogen) atoms. The number of carbonyl (C=O) groups is 3. The number of hydrogen-bond donors (Lipinski definition) is 1. The highest BCUT2D eigenvalue weighted by Crippen LogP contribution is 2.34. The lowest BCUT2D eigenvalue weighted by molar-refractivity contribution is -0.138. The molecular weight excluding hydrogens is 294 g/mol. The van der Waals surface area contributed by atoms with E-state index in [1.54, 1.807) is 36.4 Å². The molecule has 116 valence electrons. The van der Waals surface area contributed by atoms with Crippen molar-refractivity contribution in [2.24, 2.45) is 0 Å². The molecular formula is C18H15NO4. The minimum absolute atomic E-state index is 0.321. The quantitative estimate of drug-likeness (QED) is 0.881. The number of carboxylic acids is 1. The molecule has 2 amide bonds. The van der Waals surface area contributed by atoms with Crippen molar-refractivity contribution in [2.45, 2.75) is 19.4 Å². The number of nitrogens with zero attached hydrogens (tertiary/aromatic N) is 1. The Morgan fingerprint density at radius 2 is 1.52 bits per heavy atom. The standard InChI is InChI=1S/C18H15NO4/c1-11-6-2-3-7-12(11)15(10-16(20)21)19-17(22)13-8-4-5-9-14(13)18(19)23/h2-9,15H,10H2,1H3,(H,20,21). The second kappa shape index (κ2) is 5.68. The fourth-order valence-corrected chi connectivity index (χ4v) is 2.96. The summed E-state index contributed by atoms with van der Waals surface area (Å²) < 4.78 is 0. The van der Waals surface area contributed by atoms with E-state index in [2.05, 4.69) is 0 Å². The lowest BCUT2D eigenvalue weighted by Crippen LogP contribution is -2.35. The second-order valence-corrected chi connectivity index (χ2v) is 5.50. The molecule has 5 heteroatoms. The van der Waals surface area contributed by atoms with Crippen LogP contribution in [0.4, 0.5) is 0 Å². The van der Waals surface area contributed by atoms with Gasteiger partial charge in [0.2, 0.25) is 0 Å². The van der Waals surface area contributed by atoms with Crippen molar-refractivity contribution in [1.82, 2.24) is 4.90 Å². The number of carbonyl (C=O) groups excluding carboxylic acids is 2. The number of imide groups is 1. The van der Waals surface area contributed by atoms with E-state index in [1.807, 2.05) is 19.1 Å². The summed E-state index contributed by atoms with van der Waals surface area (Å²) in [4.78, 5) is 37.6. The highest BCUT2D eigenvalue weighted by molar-refractivity contribution is 6.21. The normalized spacial score (nSPS) is 14.7. The lowest BCUT2D eigenvalue weighted by atomic mass is 9.97. The first-order valence-corrected chi connectivity index (χ1v) is 7.25. The van der Waals surface area contributed by atoms with Gasteiger partial charge >= 0.3 is 5.97 Å². The molecule has 1 atom stereocenters. The Hall–Kier alpha value is -2.95. The highest BCUT2D eigenvalue weighted by Gasteiger charge is 2.41. The van der Waals surface area contributed by atoms with Crippen LogP contribution in [0.25, 0.3) is 0 Å². The van der Waals surface area contributed by atoms with Crippen LogP contribution in [-0.4, -0.2) is 27.8 Å². The highest BCUT2D eigenvalue weighted by atomic mass is 16.4. The molecule has 1 unspecified atom stereocenters. The van der Waals surface area contributed by atoms with E-state index in [0.29, 0.717) is 16.7 Å². The zero-order chi connectivity index (χ0) is 16.6. The van der Waals surface area contributed by atoms with E-state index in [0.717, 1.165) is 10.5 Å². The first-order chi connectivity index (χ1) is 11.0. The summed E-state index contributed by atoms with van der Waals surface area (Å²) in [6.45, 7) is 1.84. The molecule has 3 rings (SSSR count). The maximum absolute atomic E-state index is 12.6. The zero-order valence-corrected chi connectivity index (χ0v) is 12.5. The molecule has 1 aliphatic rings. The predicted molar refractivity (Wildman–Crippen MR) is 83.1 cm³/mol. The van der Waals surface area contributed by atoms with E-state index < -0.39 is 23.8 Å². The topological polar surface area (TPSA) is 74.7 Å². The van der Waals surface area contributed by atoms with Crippen LogP contribution in [0, 0.1) is 6.92 Å². The minimum atomic E-state index is -1.06. The molecule has 0 bridgehead atoms. The molecule has 2 aromatic rings. The summed E-state index contributed by atoms with van der Waals surface area (Å²) in [6.07, 6.45) is -0.323. The Balaban J connectivity index is 2.09. The van der Waals surface area contributed by atoms with Crippen molar-refractivity contribution in [3.63, 3.8) is 0 Å². The smallest absolute Gasteiger partial charge is 0.305 e. The van der Waals surface area contributed by atoms with Gasteiger partial charge in [-0.2, -0.15) is 0 Å². The van der Waals surface area contributed by atoms with Crippen LogP contribution in [-0.2, 0) is 4.79 Å². The van der Waals surface area contributed by atoms with Crippen LogP contribution in [0.2, 0.25) is 0 Å². The van der Waals surface area contributed by atoms with E-state index in [9.17, 15) is 19.5 Å².